The molecule has 0 amide bonds. The first-order valence-corrected chi connectivity index (χ1v) is 1.90. The van der Waals surface area contributed by atoms with Crippen molar-refractivity contribution in [3.8, 4) is 0 Å². The molecule has 0 unspecified atom stereocenters. The van der Waals surface area contributed by atoms with Crippen LogP contribution in [0.25, 0.3) is 0 Å². The van der Waals surface area contributed by atoms with Gasteiger partial charge in [0.05, 0.1) is 2.74 Å². The van der Waals surface area contributed by atoms with Crippen LogP contribution in [0.5, 0.6) is 0 Å². The second kappa shape index (κ2) is 3.74. The summed E-state index contributed by atoms with van der Waals surface area (Å²) in [6.07, 6.45) is 3.49. The summed E-state index contributed by atoms with van der Waals surface area (Å²) in [5.41, 5.74) is 0. The zero-order valence-electron chi connectivity index (χ0n) is 5.49. The Labute approximate surface area is 36.3 Å². The summed E-state index contributed by atoms with van der Waals surface area (Å²) in [7, 11) is 0. The fourth-order valence-electron chi connectivity index (χ4n) is 0.144. The lowest BCUT2D eigenvalue weighted by Crippen LogP contribution is -1.52. The van der Waals surface area contributed by atoms with E-state index in [1.54, 1.807) is 6.08 Å². The van der Waals surface area contributed by atoms with Crippen molar-refractivity contribution in [2.24, 2.45) is 0 Å². The van der Waals surface area contributed by atoms with Crippen LogP contribution in [0, 0.1) is 0 Å². The molecule has 0 aliphatic heterocycles. The second-order valence-corrected chi connectivity index (χ2v) is 0.993. The van der Waals surface area contributed by atoms with Crippen molar-refractivity contribution in [1.82, 2.24) is 0 Å². The minimum Gasteiger partial charge on any atom is -0.103 e. The Balaban J connectivity index is 3.08. The Bertz CT molecular complexity index is 62.5. The van der Waals surface area contributed by atoms with Crippen molar-refractivity contribution in [1.29, 1.82) is 0 Å². The fraction of sp³-hybridized carbons (Fsp3) is 0.600. The quantitative estimate of drug-likeness (QED) is 0.437. The highest BCUT2D eigenvalue weighted by Gasteiger charge is 1.61. The zero-order valence-corrected chi connectivity index (χ0v) is 3.49. The van der Waals surface area contributed by atoms with Crippen LogP contribution in [-0.2, 0) is 0 Å². The minimum atomic E-state index is -0.0677. The van der Waals surface area contributed by atoms with Crippen LogP contribution < -0.4 is 0 Å². The van der Waals surface area contributed by atoms with Crippen molar-refractivity contribution < 1.29 is 2.74 Å². The molecule has 0 saturated carbocycles. The Morgan fingerprint density at radius 3 is 3.20 bits per heavy atom. The molecular formula is C5H10. The number of hydrogen-bond donors (Lipinski definition) is 0. The molecule has 5 heavy (non-hydrogen) atoms. The maximum atomic E-state index is 6.61. The molecule has 30 valence electrons. The zero-order chi connectivity index (χ0) is 5.70. The molecule has 0 radical (unpaired) electrons. The van der Waals surface area contributed by atoms with Crippen LogP contribution in [-0.4, -0.2) is 0 Å². The van der Waals surface area contributed by atoms with Crippen molar-refractivity contribution in [3.05, 3.63) is 12.6 Å². The van der Waals surface area contributed by atoms with E-state index in [2.05, 4.69) is 0 Å². The van der Waals surface area contributed by atoms with Crippen molar-refractivity contribution in [3.63, 3.8) is 0 Å². The molecule has 0 nitrogen and oxygen atoms in total. The predicted molar refractivity (Wildman–Crippen MR) is 25.1 cm³/mol. The van der Waals surface area contributed by atoms with E-state index in [1.807, 2.05) is 6.92 Å². The topological polar surface area (TPSA) is 0 Å². The second-order valence-electron chi connectivity index (χ2n) is 0.993. The Kier molecular flexibility index (Phi) is 1.51. The molecule has 0 atom stereocenters. The summed E-state index contributed by atoms with van der Waals surface area (Å²) >= 11 is 0. The smallest absolute Gasteiger partial charge is 0.0534 e. The van der Waals surface area contributed by atoms with Crippen molar-refractivity contribution in [2.45, 2.75) is 19.8 Å². The van der Waals surface area contributed by atoms with E-state index < -0.39 is 0 Å². The van der Waals surface area contributed by atoms with Crippen molar-refractivity contribution >= 4 is 0 Å². The van der Waals surface area contributed by atoms with Gasteiger partial charge in [0.15, 0.2) is 0 Å². The van der Waals surface area contributed by atoms with Crippen LogP contribution in [0.2, 0.25) is 0 Å². The molecule has 0 rings (SSSR count). The van der Waals surface area contributed by atoms with E-state index in [0.717, 1.165) is 12.8 Å². The molecule has 0 aromatic heterocycles. The van der Waals surface area contributed by atoms with Crippen LogP contribution in [0.3, 0.4) is 0 Å². The van der Waals surface area contributed by atoms with Crippen molar-refractivity contribution in [2.75, 3.05) is 0 Å². The molecule has 0 saturated heterocycles. The first-order chi connectivity index (χ1) is 3.27. The highest BCUT2D eigenvalue weighted by atomic mass is 13.7. The highest BCUT2D eigenvalue weighted by Crippen LogP contribution is 1.82. The van der Waals surface area contributed by atoms with Gasteiger partial charge in [-0.25, -0.2) is 0 Å². The predicted octanol–water partition coefficient (Wildman–Crippen LogP) is 1.97. The number of allylic oxidation sites excluding steroid dienone is 1. The highest BCUT2D eigenvalue weighted by molar-refractivity contribution is 4.63. The van der Waals surface area contributed by atoms with E-state index in [0.29, 0.717) is 0 Å². The van der Waals surface area contributed by atoms with Gasteiger partial charge in [0.2, 0.25) is 0 Å². The first kappa shape index (κ1) is 2.01. The normalized spacial score (nSPS) is 12.2. The molecule has 0 fully saturated rings. The summed E-state index contributed by atoms with van der Waals surface area (Å²) in [5.74, 6) is 0. The van der Waals surface area contributed by atoms with E-state index in [-0.39, 0.29) is 6.53 Å². The van der Waals surface area contributed by atoms with Gasteiger partial charge >= 0.3 is 0 Å². The van der Waals surface area contributed by atoms with Gasteiger partial charge in [0.1, 0.15) is 0 Å². The third kappa shape index (κ3) is 3.74. The molecule has 0 N–H and O–H groups in total. The van der Waals surface area contributed by atoms with Crippen LogP contribution in [0.15, 0.2) is 12.6 Å². The average molecular weight is 72.1 g/mol. The van der Waals surface area contributed by atoms with Gasteiger partial charge in [-0.2, -0.15) is 0 Å². The lowest BCUT2D eigenvalue weighted by atomic mass is 10.3. The van der Waals surface area contributed by atoms with Crippen LogP contribution in [0.4, 0.5) is 0 Å². The standard InChI is InChI=1S/C5H10/c1-3-5-4-2/h3H,1,4-5H2,2H3/i1D2. The van der Waals surface area contributed by atoms with Gasteiger partial charge in [-0.15, -0.1) is 6.53 Å². The summed E-state index contributed by atoms with van der Waals surface area (Å²) in [6.45, 7) is 1.96. The SMILES string of the molecule is [2H]C([2H])=CCCC. The number of unbranched alkanes of at least 4 members (excludes halogenated alkanes) is 1. The van der Waals surface area contributed by atoms with E-state index in [9.17, 15) is 0 Å². The third-order valence-electron chi connectivity index (χ3n) is 0.433. The van der Waals surface area contributed by atoms with E-state index >= 15 is 0 Å². The molecule has 0 aliphatic rings. The van der Waals surface area contributed by atoms with Crippen LogP contribution >= 0.6 is 0 Å². The van der Waals surface area contributed by atoms with E-state index in [4.69, 9.17) is 2.74 Å². The number of rotatable bonds is 2. The lowest BCUT2D eigenvalue weighted by Gasteiger charge is -1.72. The lowest BCUT2D eigenvalue weighted by molar-refractivity contribution is 0.961. The Hall–Kier alpha value is -0.260. The molecule has 0 heterocycles. The summed E-state index contributed by atoms with van der Waals surface area (Å²) in [5, 5.41) is 0. The summed E-state index contributed by atoms with van der Waals surface area (Å²) < 4.78 is 13.2. The molecule has 0 aromatic carbocycles. The Morgan fingerprint density at radius 2 is 3.00 bits per heavy atom. The monoisotopic (exact) mass is 72.1 g/mol. The van der Waals surface area contributed by atoms with E-state index in [1.165, 1.54) is 0 Å². The third-order valence-corrected chi connectivity index (χ3v) is 0.433. The molecule has 0 spiro atoms. The van der Waals surface area contributed by atoms with Gasteiger partial charge in [0, 0.05) is 0 Å². The molecule has 0 bridgehead atoms. The summed E-state index contributed by atoms with van der Waals surface area (Å²) in [6, 6.07) is 0. The minimum absolute atomic E-state index is 0.0677. The molecule has 0 aromatic rings. The van der Waals surface area contributed by atoms with Gasteiger partial charge < -0.3 is 0 Å². The first-order valence-electron chi connectivity index (χ1n) is 2.90. The number of hydrogen-bond acceptors (Lipinski definition) is 0. The Morgan fingerprint density at radius 1 is 2.20 bits per heavy atom. The molecular weight excluding hydrogens is 60.1 g/mol. The maximum absolute atomic E-state index is 6.61. The molecule has 0 heteroatoms. The summed E-state index contributed by atoms with van der Waals surface area (Å²) in [4.78, 5) is 0. The van der Waals surface area contributed by atoms with Gasteiger partial charge in [0.25, 0.3) is 0 Å². The maximum Gasteiger partial charge on any atom is 0.0534 e. The molecule has 0 aliphatic carbocycles. The van der Waals surface area contributed by atoms with Gasteiger partial charge in [-0.05, 0) is 6.42 Å². The fourth-order valence-corrected chi connectivity index (χ4v) is 0.144. The van der Waals surface area contributed by atoms with Gasteiger partial charge in [-0.3, -0.25) is 0 Å². The van der Waals surface area contributed by atoms with Crippen LogP contribution in [0.1, 0.15) is 22.5 Å². The average Bonchev–Trinajstić information content (AvgIpc) is 1.61. The van der Waals surface area contributed by atoms with Gasteiger partial charge in [-0.1, -0.05) is 19.4 Å². The largest absolute Gasteiger partial charge is 0.103 e.